The second-order valence-corrected chi connectivity index (χ2v) is 4.84. The Morgan fingerprint density at radius 2 is 1.78 bits per heavy atom. The van der Waals surface area contributed by atoms with Crippen LogP contribution < -0.4 is 16.8 Å². The summed E-state index contributed by atoms with van der Waals surface area (Å²) in [5.74, 6) is 1.11. The second-order valence-electron chi connectivity index (χ2n) is 4.84. The van der Waals surface area contributed by atoms with Gasteiger partial charge >= 0.3 is 6.09 Å². The van der Waals surface area contributed by atoms with E-state index in [2.05, 4.69) is 10.1 Å². The molecule has 0 aliphatic heterocycles. The molecule has 0 aromatic rings. The summed E-state index contributed by atoms with van der Waals surface area (Å²) in [4.78, 5) is 21.9. The van der Waals surface area contributed by atoms with E-state index in [0.717, 1.165) is 32.2 Å². The van der Waals surface area contributed by atoms with E-state index < -0.39 is 6.09 Å². The van der Waals surface area contributed by atoms with E-state index in [1.165, 1.54) is 0 Å². The zero-order valence-corrected chi connectivity index (χ0v) is 10.7. The maximum absolute atomic E-state index is 11.6. The molecule has 0 radical (unpaired) electrons. The summed E-state index contributed by atoms with van der Waals surface area (Å²) in [5.41, 5.74) is 10.4. The monoisotopic (exact) mass is 257 g/mol. The minimum absolute atomic E-state index is 0.0132. The van der Waals surface area contributed by atoms with E-state index in [9.17, 15) is 9.59 Å². The minimum atomic E-state index is -0.815. The molecule has 0 saturated heterocycles. The molecule has 0 aromatic carbocycles. The number of nitrogens with one attached hydrogen (secondary N) is 1. The summed E-state index contributed by atoms with van der Waals surface area (Å²) in [6, 6.07) is 0. The number of hydrogen-bond acceptors (Lipinski definition) is 4. The first-order valence-corrected chi connectivity index (χ1v) is 6.50. The Bertz CT molecular complexity index is 276. The maximum atomic E-state index is 11.6. The van der Waals surface area contributed by atoms with Crippen molar-refractivity contribution in [1.82, 2.24) is 5.32 Å². The van der Waals surface area contributed by atoms with Crippen molar-refractivity contribution in [2.75, 3.05) is 19.7 Å². The average molecular weight is 257 g/mol. The molecular formula is C12H23N3O3. The zero-order valence-electron chi connectivity index (χ0n) is 10.7. The van der Waals surface area contributed by atoms with Gasteiger partial charge in [0.15, 0.2) is 0 Å². The Morgan fingerprint density at radius 3 is 2.33 bits per heavy atom. The quantitative estimate of drug-likeness (QED) is 0.597. The van der Waals surface area contributed by atoms with Crippen molar-refractivity contribution in [3.63, 3.8) is 0 Å². The van der Waals surface area contributed by atoms with Crippen LogP contribution in [-0.4, -0.2) is 31.7 Å². The molecule has 0 heterocycles. The van der Waals surface area contributed by atoms with Crippen molar-refractivity contribution >= 4 is 12.0 Å². The average Bonchev–Trinajstić information content (AvgIpc) is 2.35. The van der Waals surface area contributed by atoms with Gasteiger partial charge in [0, 0.05) is 6.42 Å². The molecule has 0 atom stereocenters. The summed E-state index contributed by atoms with van der Waals surface area (Å²) in [6.45, 7) is 1.20. The van der Waals surface area contributed by atoms with E-state index in [4.69, 9.17) is 11.5 Å². The fraction of sp³-hybridized carbons (Fsp3) is 0.833. The molecule has 6 heteroatoms. The van der Waals surface area contributed by atoms with Crippen LogP contribution in [0.2, 0.25) is 0 Å². The van der Waals surface area contributed by atoms with Crippen LogP contribution in [0.25, 0.3) is 0 Å². The standard InChI is InChI=1S/C12H23N3O3/c13-8-10-3-1-9(2-4-10)7-11(16)15-5-6-18-12(14)17/h9-10H,1-8,13H2,(H2,14,17)(H,15,16). The molecule has 1 fully saturated rings. The van der Waals surface area contributed by atoms with Crippen LogP contribution in [0.3, 0.4) is 0 Å². The van der Waals surface area contributed by atoms with Gasteiger partial charge in [-0.3, -0.25) is 4.79 Å². The van der Waals surface area contributed by atoms with Crippen molar-refractivity contribution in [1.29, 1.82) is 0 Å². The number of carbonyl (C=O) groups excluding carboxylic acids is 2. The Labute approximate surface area is 107 Å². The molecule has 1 aliphatic carbocycles. The van der Waals surface area contributed by atoms with Crippen LogP contribution in [0.4, 0.5) is 4.79 Å². The highest BCUT2D eigenvalue weighted by atomic mass is 16.5. The molecule has 0 aromatic heterocycles. The van der Waals surface area contributed by atoms with Crippen molar-refractivity contribution in [3.8, 4) is 0 Å². The van der Waals surface area contributed by atoms with Crippen molar-refractivity contribution in [2.45, 2.75) is 32.1 Å². The predicted molar refractivity (Wildman–Crippen MR) is 67.7 cm³/mol. The van der Waals surface area contributed by atoms with Gasteiger partial charge in [-0.25, -0.2) is 4.79 Å². The molecule has 2 amide bonds. The number of ether oxygens (including phenoxy) is 1. The Balaban J connectivity index is 2.08. The van der Waals surface area contributed by atoms with Crippen LogP contribution in [0.5, 0.6) is 0 Å². The molecule has 0 unspecified atom stereocenters. The summed E-state index contributed by atoms with van der Waals surface area (Å²) >= 11 is 0. The highest BCUT2D eigenvalue weighted by molar-refractivity contribution is 5.76. The van der Waals surface area contributed by atoms with E-state index in [1.807, 2.05) is 0 Å². The molecule has 1 saturated carbocycles. The van der Waals surface area contributed by atoms with E-state index in [1.54, 1.807) is 0 Å². The van der Waals surface area contributed by atoms with Gasteiger partial charge in [0.05, 0.1) is 6.54 Å². The third-order valence-corrected chi connectivity index (χ3v) is 3.44. The van der Waals surface area contributed by atoms with Gasteiger partial charge < -0.3 is 21.5 Å². The molecule has 0 spiro atoms. The number of nitrogens with two attached hydrogens (primary N) is 2. The first-order valence-electron chi connectivity index (χ1n) is 6.50. The molecule has 18 heavy (non-hydrogen) atoms. The number of rotatable bonds is 6. The second kappa shape index (κ2) is 7.92. The van der Waals surface area contributed by atoms with Crippen molar-refractivity contribution in [2.24, 2.45) is 23.3 Å². The smallest absolute Gasteiger partial charge is 0.404 e. The van der Waals surface area contributed by atoms with Gasteiger partial charge in [-0.15, -0.1) is 0 Å². The van der Waals surface area contributed by atoms with Crippen LogP contribution in [0, 0.1) is 11.8 Å². The Kier molecular flexibility index (Phi) is 6.49. The molecule has 1 rings (SSSR count). The van der Waals surface area contributed by atoms with Gasteiger partial charge in [0.2, 0.25) is 5.91 Å². The zero-order chi connectivity index (χ0) is 13.4. The fourth-order valence-electron chi connectivity index (χ4n) is 2.35. The lowest BCUT2D eigenvalue weighted by Crippen LogP contribution is -2.31. The van der Waals surface area contributed by atoms with Gasteiger partial charge in [0.1, 0.15) is 6.61 Å². The van der Waals surface area contributed by atoms with E-state index >= 15 is 0 Å². The Hall–Kier alpha value is -1.30. The molecule has 6 nitrogen and oxygen atoms in total. The molecule has 5 N–H and O–H groups in total. The lowest BCUT2D eigenvalue weighted by atomic mass is 9.80. The number of carbonyl (C=O) groups is 2. The summed E-state index contributed by atoms with van der Waals surface area (Å²) in [7, 11) is 0. The third kappa shape index (κ3) is 5.86. The van der Waals surface area contributed by atoms with Crippen LogP contribution in [0.1, 0.15) is 32.1 Å². The first kappa shape index (κ1) is 14.8. The van der Waals surface area contributed by atoms with Gasteiger partial charge in [-0.2, -0.15) is 0 Å². The number of primary amides is 1. The Morgan fingerprint density at radius 1 is 1.17 bits per heavy atom. The highest BCUT2D eigenvalue weighted by Crippen LogP contribution is 2.29. The lowest BCUT2D eigenvalue weighted by molar-refractivity contribution is -0.122. The topological polar surface area (TPSA) is 107 Å². The summed E-state index contributed by atoms with van der Waals surface area (Å²) in [6.07, 6.45) is 4.14. The minimum Gasteiger partial charge on any atom is -0.448 e. The number of amides is 2. The van der Waals surface area contributed by atoms with Gasteiger partial charge in [-0.1, -0.05) is 0 Å². The van der Waals surface area contributed by atoms with Gasteiger partial charge in [-0.05, 0) is 44.1 Å². The SMILES string of the molecule is NCC1CCC(CC(=O)NCCOC(N)=O)CC1. The maximum Gasteiger partial charge on any atom is 0.404 e. The summed E-state index contributed by atoms with van der Waals surface area (Å²) in [5, 5.41) is 2.71. The highest BCUT2D eigenvalue weighted by Gasteiger charge is 2.21. The predicted octanol–water partition coefficient (Wildman–Crippen LogP) is 0.353. The van der Waals surface area contributed by atoms with E-state index in [-0.39, 0.29) is 12.5 Å². The van der Waals surface area contributed by atoms with Crippen LogP contribution >= 0.6 is 0 Å². The lowest BCUT2D eigenvalue weighted by Gasteiger charge is -2.27. The molecule has 1 aliphatic rings. The number of hydrogen-bond donors (Lipinski definition) is 3. The van der Waals surface area contributed by atoms with Crippen molar-refractivity contribution < 1.29 is 14.3 Å². The fourth-order valence-corrected chi connectivity index (χ4v) is 2.35. The first-order chi connectivity index (χ1) is 8.61. The third-order valence-electron chi connectivity index (χ3n) is 3.44. The molecule has 0 bridgehead atoms. The molecule has 104 valence electrons. The van der Waals surface area contributed by atoms with Crippen LogP contribution in [-0.2, 0) is 9.53 Å². The van der Waals surface area contributed by atoms with E-state index in [0.29, 0.717) is 24.8 Å². The van der Waals surface area contributed by atoms with Crippen LogP contribution in [0.15, 0.2) is 0 Å². The summed E-state index contributed by atoms with van der Waals surface area (Å²) < 4.78 is 4.52. The largest absolute Gasteiger partial charge is 0.448 e. The molecular weight excluding hydrogens is 234 g/mol. The van der Waals surface area contributed by atoms with Gasteiger partial charge in [0.25, 0.3) is 0 Å². The normalized spacial score (nSPS) is 23.4. The van der Waals surface area contributed by atoms with Crippen molar-refractivity contribution in [3.05, 3.63) is 0 Å².